The second-order valence-electron chi connectivity index (χ2n) is 4.10. The number of hydrogen-bond donors (Lipinski definition) is 2. The predicted molar refractivity (Wildman–Crippen MR) is 64.8 cm³/mol. The fraction of sp³-hybridized carbons (Fsp3) is 0.583. The molecule has 0 unspecified atom stereocenters. The van der Waals surface area contributed by atoms with Crippen molar-refractivity contribution in [2.45, 2.75) is 33.0 Å². The van der Waals surface area contributed by atoms with Gasteiger partial charge < -0.3 is 10.8 Å². The van der Waals surface area contributed by atoms with E-state index in [1.54, 1.807) is 6.20 Å². The molecule has 3 N–H and O–H groups in total. The molecule has 1 heterocycles. The average Bonchev–Trinajstić information content (AvgIpc) is 2.29. The lowest BCUT2D eigenvalue weighted by Gasteiger charge is -2.26. The van der Waals surface area contributed by atoms with Crippen LogP contribution in [0.1, 0.15) is 25.1 Å². The van der Waals surface area contributed by atoms with Gasteiger partial charge in [-0.25, -0.2) is 0 Å². The van der Waals surface area contributed by atoms with E-state index in [2.05, 4.69) is 23.7 Å². The van der Waals surface area contributed by atoms with Crippen LogP contribution < -0.4 is 5.73 Å². The molecule has 4 heteroatoms. The quantitative estimate of drug-likeness (QED) is 0.747. The molecule has 16 heavy (non-hydrogen) atoms. The summed E-state index contributed by atoms with van der Waals surface area (Å²) in [5, 5.41) is 9.01. The largest absolute Gasteiger partial charge is 0.395 e. The molecule has 1 aromatic heterocycles. The van der Waals surface area contributed by atoms with Crippen LogP contribution in [0.3, 0.4) is 0 Å². The highest BCUT2D eigenvalue weighted by Gasteiger charge is 2.11. The summed E-state index contributed by atoms with van der Waals surface area (Å²) in [5.41, 5.74) is 7.73. The summed E-state index contributed by atoms with van der Waals surface area (Å²) in [6, 6.07) is 4.37. The molecule has 0 aliphatic heterocycles. The SMILES string of the molecule is CC(C)N(CCO)Cc1cccnc1CN. The molecular weight excluding hydrogens is 202 g/mol. The van der Waals surface area contributed by atoms with Gasteiger partial charge in [0.25, 0.3) is 0 Å². The summed E-state index contributed by atoms with van der Waals surface area (Å²) < 4.78 is 0. The van der Waals surface area contributed by atoms with Crippen LogP contribution in [-0.4, -0.2) is 34.2 Å². The summed E-state index contributed by atoms with van der Waals surface area (Å²) >= 11 is 0. The van der Waals surface area contributed by atoms with Crippen molar-refractivity contribution in [1.82, 2.24) is 9.88 Å². The van der Waals surface area contributed by atoms with E-state index in [-0.39, 0.29) is 6.61 Å². The van der Waals surface area contributed by atoms with Gasteiger partial charge in [0.1, 0.15) is 0 Å². The van der Waals surface area contributed by atoms with E-state index in [1.165, 1.54) is 0 Å². The standard InChI is InChI=1S/C12H21N3O/c1-10(2)15(6-7-16)9-11-4-3-5-14-12(11)8-13/h3-5,10,16H,6-9,13H2,1-2H3. The molecule has 0 aliphatic carbocycles. The van der Waals surface area contributed by atoms with Gasteiger partial charge in [0.2, 0.25) is 0 Å². The number of pyridine rings is 1. The van der Waals surface area contributed by atoms with Crippen LogP contribution >= 0.6 is 0 Å². The van der Waals surface area contributed by atoms with Gasteiger partial charge in [-0.15, -0.1) is 0 Å². The molecule has 0 radical (unpaired) electrons. The zero-order valence-corrected chi connectivity index (χ0v) is 10.1. The molecule has 1 aromatic rings. The lowest BCUT2D eigenvalue weighted by Crippen LogP contribution is -2.33. The first-order valence-corrected chi connectivity index (χ1v) is 5.66. The first-order chi connectivity index (χ1) is 7.69. The van der Waals surface area contributed by atoms with Gasteiger partial charge in [0.05, 0.1) is 12.3 Å². The van der Waals surface area contributed by atoms with Crippen molar-refractivity contribution < 1.29 is 5.11 Å². The molecule has 0 amide bonds. The van der Waals surface area contributed by atoms with Gasteiger partial charge in [0.15, 0.2) is 0 Å². The Balaban J connectivity index is 2.76. The summed E-state index contributed by atoms with van der Waals surface area (Å²) in [6.07, 6.45) is 1.76. The van der Waals surface area contributed by atoms with E-state index in [0.717, 1.165) is 17.8 Å². The molecule has 0 bridgehead atoms. The molecule has 0 spiro atoms. The maximum Gasteiger partial charge on any atom is 0.0584 e. The van der Waals surface area contributed by atoms with E-state index < -0.39 is 0 Å². The van der Waals surface area contributed by atoms with Gasteiger partial charge >= 0.3 is 0 Å². The normalized spacial score (nSPS) is 11.4. The Morgan fingerprint density at radius 3 is 2.81 bits per heavy atom. The number of aromatic nitrogens is 1. The van der Waals surface area contributed by atoms with Gasteiger partial charge in [-0.1, -0.05) is 6.07 Å². The minimum atomic E-state index is 0.177. The molecule has 0 aliphatic rings. The first kappa shape index (κ1) is 13.1. The highest BCUT2D eigenvalue weighted by atomic mass is 16.3. The van der Waals surface area contributed by atoms with Crippen LogP contribution in [0.5, 0.6) is 0 Å². The van der Waals surface area contributed by atoms with Crippen molar-refractivity contribution in [3.8, 4) is 0 Å². The van der Waals surface area contributed by atoms with Crippen molar-refractivity contribution in [1.29, 1.82) is 0 Å². The molecule has 0 aromatic carbocycles. The third-order valence-electron chi connectivity index (χ3n) is 2.67. The Kier molecular flexibility index (Phi) is 5.38. The zero-order chi connectivity index (χ0) is 12.0. The summed E-state index contributed by atoms with van der Waals surface area (Å²) in [4.78, 5) is 6.46. The van der Waals surface area contributed by atoms with Crippen LogP contribution in [0.4, 0.5) is 0 Å². The fourth-order valence-corrected chi connectivity index (χ4v) is 1.67. The molecule has 4 nitrogen and oxygen atoms in total. The number of aliphatic hydroxyl groups is 1. The third-order valence-corrected chi connectivity index (χ3v) is 2.67. The second-order valence-corrected chi connectivity index (χ2v) is 4.10. The van der Waals surface area contributed by atoms with E-state index >= 15 is 0 Å². The minimum Gasteiger partial charge on any atom is -0.395 e. The lowest BCUT2D eigenvalue weighted by atomic mass is 10.1. The molecule has 90 valence electrons. The average molecular weight is 223 g/mol. The van der Waals surface area contributed by atoms with Crippen LogP contribution in [0.15, 0.2) is 18.3 Å². The van der Waals surface area contributed by atoms with Crippen molar-refractivity contribution in [2.75, 3.05) is 13.2 Å². The molecule has 0 fully saturated rings. The summed E-state index contributed by atoms with van der Waals surface area (Å²) in [5.74, 6) is 0. The number of nitrogens with two attached hydrogens (primary N) is 1. The topological polar surface area (TPSA) is 62.4 Å². The van der Waals surface area contributed by atoms with Crippen LogP contribution in [-0.2, 0) is 13.1 Å². The Morgan fingerprint density at radius 2 is 2.25 bits per heavy atom. The fourth-order valence-electron chi connectivity index (χ4n) is 1.67. The zero-order valence-electron chi connectivity index (χ0n) is 10.1. The number of nitrogens with zero attached hydrogens (tertiary/aromatic N) is 2. The number of aliphatic hydroxyl groups excluding tert-OH is 1. The van der Waals surface area contributed by atoms with Gasteiger partial charge in [-0.3, -0.25) is 9.88 Å². The molecule has 0 saturated heterocycles. The van der Waals surface area contributed by atoms with Crippen molar-refractivity contribution >= 4 is 0 Å². The van der Waals surface area contributed by atoms with Crippen molar-refractivity contribution in [3.05, 3.63) is 29.6 Å². The maximum absolute atomic E-state index is 9.01. The molecule has 0 saturated carbocycles. The predicted octanol–water partition coefficient (Wildman–Crippen LogP) is 0.743. The minimum absolute atomic E-state index is 0.177. The Bertz CT molecular complexity index is 315. The summed E-state index contributed by atoms with van der Waals surface area (Å²) in [6.45, 7) is 6.34. The number of hydrogen-bond acceptors (Lipinski definition) is 4. The van der Waals surface area contributed by atoms with Gasteiger partial charge in [0, 0.05) is 31.9 Å². The molecular formula is C12H21N3O. The van der Waals surface area contributed by atoms with E-state index in [0.29, 0.717) is 19.1 Å². The van der Waals surface area contributed by atoms with Crippen molar-refractivity contribution in [2.24, 2.45) is 5.73 Å². The third kappa shape index (κ3) is 3.56. The smallest absolute Gasteiger partial charge is 0.0584 e. The van der Waals surface area contributed by atoms with Crippen LogP contribution in [0, 0.1) is 0 Å². The number of rotatable bonds is 6. The van der Waals surface area contributed by atoms with E-state index in [4.69, 9.17) is 10.8 Å². The highest BCUT2D eigenvalue weighted by molar-refractivity contribution is 5.19. The molecule has 0 atom stereocenters. The van der Waals surface area contributed by atoms with Gasteiger partial charge in [-0.05, 0) is 25.5 Å². The Morgan fingerprint density at radius 1 is 1.50 bits per heavy atom. The van der Waals surface area contributed by atoms with Gasteiger partial charge in [-0.2, -0.15) is 0 Å². The highest BCUT2D eigenvalue weighted by Crippen LogP contribution is 2.10. The van der Waals surface area contributed by atoms with E-state index in [9.17, 15) is 0 Å². The monoisotopic (exact) mass is 223 g/mol. The Hall–Kier alpha value is -0.970. The van der Waals surface area contributed by atoms with E-state index in [1.807, 2.05) is 12.1 Å². The van der Waals surface area contributed by atoms with Crippen LogP contribution in [0.25, 0.3) is 0 Å². The molecule has 1 rings (SSSR count). The lowest BCUT2D eigenvalue weighted by molar-refractivity contribution is 0.159. The van der Waals surface area contributed by atoms with Crippen LogP contribution in [0.2, 0.25) is 0 Å². The summed E-state index contributed by atoms with van der Waals surface area (Å²) in [7, 11) is 0. The van der Waals surface area contributed by atoms with Crippen molar-refractivity contribution in [3.63, 3.8) is 0 Å². The maximum atomic E-state index is 9.01. The first-order valence-electron chi connectivity index (χ1n) is 5.66. The second kappa shape index (κ2) is 6.58. The Labute approximate surface area is 97.1 Å².